The van der Waals surface area contributed by atoms with Gasteiger partial charge in [-0.25, -0.2) is 8.78 Å². The summed E-state index contributed by atoms with van der Waals surface area (Å²) in [5.41, 5.74) is 3.04. The van der Waals surface area contributed by atoms with Gasteiger partial charge in [-0.2, -0.15) is 0 Å². The highest BCUT2D eigenvalue weighted by Crippen LogP contribution is 2.39. The Morgan fingerprint density at radius 2 is 1.91 bits per heavy atom. The highest BCUT2D eigenvalue weighted by molar-refractivity contribution is 8.00. The minimum Gasteiger partial charge on any atom is -0.494 e. The van der Waals surface area contributed by atoms with Crippen LogP contribution in [0.2, 0.25) is 5.02 Å². The number of likely N-dealkylation sites (tertiary alicyclic amines) is 1. The van der Waals surface area contributed by atoms with Crippen molar-refractivity contribution in [3.05, 3.63) is 76.6 Å². The lowest BCUT2D eigenvalue weighted by atomic mass is 10.0. The van der Waals surface area contributed by atoms with Crippen molar-refractivity contribution in [3.8, 4) is 16.9 Å². The molecular weight excluding hydrogens is 454 g/mol. The van der Waals surface area contributed by atoms with E-state index in [1.165, 1.54) is 36.1 Å². The van der Waals surface area contributed by atoms with Gasteiger partial charge in [-0.1, -0.05) is 41.9 Å². The molecule has 1 N–H and O–H groups in total. The molecule has 0 aliphatic carbocycles. The van der Waals surface area contributed by atoms with Crippen LogP contribution in [0.15, 0.2) is 59.5 Å². The van der Waals surface area contributed by atoms with Crippen LogP contribution in [0, 0.1) is 12.7 Å². The van der Waals surface area contributed by atoms with Crippen LogP contribution in [-0.4, -0.2) is 37.2 Å². The molecule has 1 heterocycles. The molecule has 1 fully saturated rings. The van der Waals surface area contributed by atoms with Gasteiger partial charge in [0, 0.05) is 16.8 Å². The highest BCUT2D eigenvalue weighted by Gasteiger charge is 2.31. The Morgan fingerprint density at radius 3 is 2.56 bits per heavy atom. The van der Waals surface area contributed by atoms with E-state index in [4.69, 9.17) is 16.3 Å². The van der Waals surface area contributed by atoms with Gasteiger partial charge in [-0.3, -0.25) is 4.79 Å². The van der Waals surface area contributed by atoms with Crippen LogP contribution in [0.5, 0.6) is 5.75 Å². The van der Waals surface area contributed by atoms with Gasteiger partial charge in [-0.15, -0.1) is 0 Å². The summed E-state index contributed by atoms with van der Waals surface area (Å²) in [6, 6.07) is 15.7. The maximum Gasteiger partial charge on any atom is 0.254 e. The minimum absolute atomic E-state index is 0.0836. The van der Waals surface area contributed by atoms with Crippen molar-refractivity contribution in [3.63, 3.8) is 0 Å². The molecule has 0 bridgehead atoms. The van der Waals surface area contributed by atoms with Crippen molar-refractivity contribution >= 4 is 35.1 Å². The van der Waals surface area contributed by atoms with Crippen molar-refractivity contribution in [2.75, 3.05) is 24.9 Å². The summed E-state index contributed by atoms with van der Waals surface area (Å²) in [5.74, 6) is -0.177. The van der Waals surface area contributed by atoms with Crippen molar-refractivity contribution in [2.45, 2.75) is 18.0 Å². The van der Waals surface area contributed by atoms with Gasteiger partial charge in [0.15, 0.2) is 5.75 Å². The summed E-state index contributed by atoms with van der Waals surface area (Å²) in [6.07, 6.45) is -0.983. The number of hydrogen-bond acceptors (Lipinski definition) is 4. The third-order valence-electron chi connectivity index (χ3n) is 5.25. The summed E-state index contributed by atoms with van der Waals surface area (Å²) in [7, 11) is 1.49. The van der Waals surface area contributed by atoms with Gasteiger partial charge in [0.2, 0.25) is 0 Å². The Hall–Kier alpha value is -2.77. The first-order valence-corrected chi connectivity index (χ1v) is 11.2. The second-order valence-corrected chi connectivity index (χ2v) is 8.77. The van der Waals surface area contributed by atoms with Crippen LogP contribution in [0.3, 0.4) is 0 Å². The largest absolute Gasteiger partial charge is 0.494 e. The first-order chi connectivity index (χ1) is 15.4. The van der Waals surface area contributed by atoms with Gasteiger partial charge >= 0.3 is 0 Å². The maximum atomic E-state index is 14.6. The first-order valence-electron chi connectivity index (χ1n) is 9.96. The average Bonchev–Trinajstić information content (AvgIpc) is 2.76. The summed E-state index contributed by atoms with van der Waals surface area (Å²) >= 11 is 7.56. The summed E-state index contributed by atoms with van der Waals surface area (Å²) in [4.78, 5) is 14.7. The van der Waals surface area contributed by atoms with Crippen LogP contribution >= 0.6 is 23.5 Å². The molecule has 1 amide bonds. The molecule has 166 valence electrons. The van der Waals surface area contributed by atoms with Gasteiger partial charge in [0.1, 0.15) is 12.0 Å². The van der Waals surface area contributed by atoms with E-state index in [2.05, 4.69) is 4.72 Å². The number of carbonyl (C=O) groups is 1. The lowest BCUT2D eigenvalue weighted by molar-refractivity contribution is 0.0400. The number of benzene rings is 3. The quantitative estimate of drug-likeness (QED) is 0.421. The topological polar surface area (TPSA) is 41.6 Å². The van der Waals surface area contributed by atoms with Gasteiger partial charge in [-0.05, 0) is 54.3 Å². The van der Waals surface area contributed by atoms with E-state index in [1.54, 1.807) is 12.1 Å². The zero-order chi connectivity index (χ0) is 22.8. The fourth-order valence-electron chi connectivity index (χ4n) is 3.47. The number of methoxy groups -OCH3 is 1. The number of carbonyl (C=O) groups excluding carboxylic acids is 1. The summed E-state index contributed by atoms with van der Waals surface area (Å²) in [5, 5.41) is 0.278. The van der Waals surface area contributed by atoms with E-state index in [0.717, 1.165) is 11.1 Å². The highest BCUT2D eigenvalue weighted by atomic mass is 35.5. The van der Waals surface area contributed by atoms with Crippen molar-refractivity contribution in [2.24, 2.45) is 0 Å². The monoisotopic (exact) mass is 474 g/mol. The number of nitrogens with zero attached hydrogens (tertiary/aromatic N) is 1. The summed E-state index contributed by atoms with van der Waals surface area (Å²) in [6.45, 7) is 1.97. The summed E-state index contributed by atoms with van der Waals surface area (Å²) < 4.78 is 36.4. The van der Waals surface area contributed by atoms with E-state index >= 15 is 0 Å². The average molecular weight is 475 g/mol. The second kappa shape index (κ2) is 9.38. The molecule has 0 radical (unpaired) electrons. The number of alkyl halides is 1. The fraction of sp³-hybridized carbons (Fsp3) is 0.208. The number of halogens is 3. The molecule has 0 aromatic heterocycles. The van der Waals surface area contributed by atoms with Crippen LogP contribution < -0.4 is 9.46 Å². The number of anilines is 1. The Kier molecular flexibility index (Phi) is 6.58. The van der Waals surface area contributed by atoms with Crippen LogP contribution in [0.25, 0.3) is 11.1 Å². The van der Waals surface area contributed by atoms with E-state index in [1.807, 2.05) is 37.3 Å². The maximum absolute atomic E-state index is 14.6. The minimum atomic E-state index is -0.983. The Bertz CT molecular complexity index is 1150. The van der Waals surface area contributed by atoms with E-state index in [9.17, 15) is 13.6 Å². The van der Waals surface area contributed by atoms with Crippen LogP contribution in [0.1, 0.15) is 15.9 Å². The van der Waals surface area contributed by atoms with Crippen LogP contribution in [0.4, 0.5) is 14.5 Å². The fourth-order valence-corrected chi connectivity index (χ4v) is 4.73. The molecule has 3 aromatic rings. The zero-order valence-electron chi connectivity index (χ0n) is 17.5. The molecule has 32 heavy (non-hydrogen) atoms. The van der Waals surface area contributed by atoms with Crippen LogP contribution in [-0.2, 0) is 0 Å². The molecule has 4 rings (SSSR count). The Balaban J connectivity index is 1.61. The normalized spacial score (nSPS) is 13.6. The number of rotatable bonds is 6. The SMILES string of the molecule is COc1c(Cl)cc(C(=O)N2CC(F)C2)cc1SNc1cc(-c2ccccc2)c(F)cc1C. The molecule has 1 aliphatic heterocycles. The van der Waals surface area contributed by atoms with Gasteiger partial charge in [0.05, 0.1) is 30.1 Å². The van der Waals surface area contributed by atoms with Crippen molar-refractivity contribution in [1.82, 2.24) is 4.90 Å². The van der Waals surface area contributed by atoms with Crippen molar-refractivity contribution < 1.29 is 18.3 Å². The zero-order valence-corrected chi connectivity index (χ0v) is 19.1. The number of hydrogen-bond donors (Lipinski definition) is 1. The molecule has 0 atom stereocenters. The van der Waals surface area contributed by atoms with Gasteiger partial charge in [0.25, 0.3) is 5.91 Å². The number of aryl methyl sites for hydroxylation is 1. The van der Waals surface area contributed by atoms with E-state index in [0.29, 0.717) is 27.5 Å². The number of ether oxygens (including phenoxy) is 1. The Morgan fingerprint density at radius 1 is 1.19 bits per heavy atom. The van der Waals surface area contributed by atoms with Gasteiger partial charge < -0.3 is 14.4 Å². The number of amides is 1. The molecule has 1 saturated heterocycles. The predicted molar refractivity (Wildman–Crippen MR) is 125 cm³/mol. The third kappa shape index (κ3) is 4.54. The second-order valence-electron chi connectivity index (χ2n) is 7.51. The lowest BCUT2D eigenvalue weighted by Gasteiger charge is -2.34. The molecule has 1 aliphatic rings. The molecule has 8 heteroatoms. The van der Waals surface area contributed by atoms with E-state index in [-0.39, 0.29) is 29.8 Å². The predicted octanol–water partition coefficient (Wildman–Crippen LogP) is 6.38. The lowest BCUT2D eigenvalue weighted by Crippen LogP contribution is -2.51. The molecule has 4 nitrogen and oxygen atoms in total. The molecule has 0 spiro atoms. The third-order valence-corrected chi connectivity index (χ3v) is 6.38. The van der Waals surface area contributed by atoms with E-state index < -0.39 is 6.17 Å². The standard InChI is InChI=1S/C24H21ClF2N2O2S/c1-14-8-20(27)18(15-6-4-3-5-7-15)11-21(14)28-32-22-10-16(9-19(25)23(22)31-2)24(30)29-12-17(26)13-29/h3-11,17,28H,12-13H2,1-2H3. The Labute approximate surface area is 194 Å². The number of nitrogens with one attached hydrogen (secondary N) is 1. The molecular formula is C24H21ClF2N2O2S. The smallest absolute Gasteiger partial charge is 0.254 e. The van der Waals surface area contributed by atoms with Crippen molar-refractivity contribution in [1.29, 1.82) is 0 Å². The molecule has 3 aromatic carbocycles. The molecule has 0 saturated carbocycles. The first kappa shape index (κ1) is 22.4. The molecule has 0 unspecified atom stereocenters.